The maximum Gasteiger partial charge on any atom is 0.252 e. The molecule has 27 heavy (non-hydrogen) atoms. The predicted octanol–water partition coefficient (Wildman–Crippen LogP) is 4.79. The molecule has 2 aromatic heterocycles. The van der Waals surface area contributed by atoms with Gasteiger partial charge in [-0.2, -0.15) is 0 Å². The third-order valence-electron chi connectivity index (χ3n) is 4.58. The van der Waals surface area contributed by atoms with Crippen molar-refractivity contribution in [1.82, 2.24) is 15.3 Å². The Morgan fingerprint density at radius 3 is 2.41 bits per heavy atom. The highest BCUT2D eigenvalue weighted by molar-refractivity contribution is 6.07. The molecular weight excluding hydrogens is 334 g/mol. The molecule has 0 saturated heterocycles. The molecule has 4 aromatic rings. The minimum Gasteiger partial charge on any atom is -0.345 e. The zero-order chi connectivity index (χ0) is 18.6. The molecule has 0 saturated carbocycles. The van der Waals surface area contributed by atoms with Gasteiger partial charge in [-0.15, -0.1) is 0 Å². The van der Waals surface area contributed by atoms with Crippen LogP contribution in [-0.4, -0.2) is 15.9 Å². The lowest BCUT2D eigenvalue weighted by atomic mass is 10.0. The fourth-order valence-electron chi connectivity index (χ4n) is 3.13. The van der Waals surface area contributed by atoms with Crippen molar-refractivity contribution in [3.05, 3.63) is 96.3 Å². The van der Waals surface area contributed by atoms with Crippen molar-refractivity contribution < 1.29 is 4.79 Å². The molecule has 4 rings (SSSR count). The molecule has 0 bridgehead atoms. The molecule has 0 radical (unpaired) electrons. The summed E-state index contributed by atoms with van der Waals surface area (Å²) < 4.78 is 0. The zero-order valence-electron chi connectivity index (χ0n) is 15.0. The van der Waals surface area contributed by atoms with E-state index < -0.39 is 0 Å². The maximum atomic E-state index is 13.1. The van der Waals surface area contributed by atoms with Crippen LogP contribution in [0.2, 0.25) is 0 Å². The van der Waals surface area contributed by atoms with Crippen LogP contribution in [0.25, 0.3) is 22.2 Å². The van der Waals surface area contributed by atoms with Crippen molar-refractivity contribution in [3.8, 4) is 11.3 Å². The monoisotopic (exact) mass is 353 g/mol. The van der Waals surface area contributed by atoms with Gasteiger partial charge in [-0.3, -0.25) is 9.78 Å². The first-order valence-electron chi connectivity index (χ1n) is 8.88. The van der Waals surface area contributed by atoms with Crippen molar-refractivity contribution in [2.45, 2.75) is 13.0 Å². The van der Waals surface area contributed by atoms with E-state index in [0.29, 0.717) is 5.56 Å². The number of benzene rings is 2. The van der Waals surface area contributed by atoms with Gasteiger partial charge >= 0.3 is 0 Å². The standard InChI is InChI=1S/C23H19N3O/c1-16(17-11-13-24-14-12-17)25-23(27)20-15-22(18-7-3-2-4-8-18)26-21-10-6-5-9-19(20)21/h2-16H,1H3,(H,25,27)/t16-/m1/s1. The van der Waals surface area contributed by atoms with Gasteiger partial charge in [-0.1, -0.05) is 48.5 Å². The number of aromatic nitrogens is 2. The van der Waals surface area contributed by atoms with E-state index >= 15 is 0 Å². The maximum absolute atomic E-state index is 13.1. The van der Waals surface area contributed by atoms with E-state index in [0.717, 1.165) is 27.7 Å². The van der Waals surface area contributed by atoms with E-state index in [4.69, 9.17) is 4.98 Å². The summed E-state index contributed by atoms with van der Waals surface area (Å²) >= 11 is 0. The third kappa shape index (κ3) is 3.55. The van der Waals surface area contributed by atoms with Crippen LogP contribution in [0.4, 0.5) is 0 Å². The molecule has 1 atom stereocenters. The van der Waals surface area contributed by atoms with Gasteiger partial charge in [0.2, 0.25) is 0 Å². The highest BCUT2D eigenvalue weighted by Crippen LogP contribution is 2.25. The van der Waals surface area contributed by atoms with Crippen LogP contribution in [0.1, 0.15) is 28.9 Å². The molecule has 0 aliphatic rings. The van der Waals surface area contributed by atoms with Crippen molar-refractivity contribution in [2.75, 3.05) is 0 Å². The molecule has 0 aliphatic heterocycles. The number of nitrogens with zero attached hydrogens (tertiary/aromatic N) is 2. The van der Waals surface area contributed by atoms with Gasteiger partial charge in [0.1, 0.15) is 0 Å². The number of hydrogen-bond acceptors (Lipinski definition) is 3. The number of para-hydroxylation sites is 1. The quantitative estimate of drug-likeness (QED) is 0.574. The van der Waals surface area contributed by atoms with Gasteiger partial charge in [0.25, 0.3) is 5.91 Å². The Bertz CT molecular complexity index is 1080. The van der Waals surface area contributed by atoms with E-state index in [9.17, 15) is 4.79 Å². The van der Waals surface area contributed by atoms with Crippen LogP contribution in [0, 0.1) is 0 Å². The minimum atomic E-state index is -0.118. The van der Waals surface area contributed by atoms with Crippen molar-refractivity contribution >= 4 is 16.8 Å². The molecule has 4 heteroatoms. The van der Waals surface area contributed by atoms with Crippen molar-refractivity contribution in [3.63, 3.8) is 0 Å². The second kappa shape index (κ2) is 7.38. The lowest BCUT2D eigenvalue weighted by Crippen LogP contribution is -2.27. The van der Waals surface area contributed by atoms with Crippen LogP contribution in [-0.2, 0) is 0 Å². The van der Waals surface area contributed by atoms with Gasteiger partial charge in [0, 0.05) is 23.3 Å². The number of rotatable bonds is 4. The Balaban J connectivity index is 1.74. The van der Waals surface area contributed by atoms with E-state index in [1.54, 1.807) is 12.4 Å². The Morgan fingerprint density at radius 2 is 1.63 bits per heavy atom. The molecule has 0 spiro atoms. The summed E-state index contributed by atoms with van der Waals surface area (Å²) in [5.41, 5.74) is 4.22. The second-order valence-electron chi connectivity index (χ2n) is 6.41. The topological polar surface area (TPSA) is 54.9 Å². The predicted molar refractivity (Wildman–Crippen MR) is 107 cm³/mol. The van der Waals surface area contributed by atoms with Crippen LogP contribution in [0.15, 0.2) is 85.2 Å². The smallest absolute Gasteiger partial charge is 0.252 e. The number of hydrogen-bond donors (Lipinski definition) is 1. The summed E-state index contributed by atoms with van der Waals surface area (Å²) in [5.74, 6) is -0.116. The van der Waals surface area contributed by atoms with Gasteiger partial charge in [-0.25, -0.2) is 4.98 Å². The van der Waals surface area contributed by atoms with Crippen LogP contribution in [0.3, 0.4) is 0 Å². The Labute approximate surface area is 157 Å². The van der Waals surface area contributed by atoms with Crippen LogP contribution in [0.5, 0.6) is 0 Å². The lowest BCUT2D eigenvalue weighted by molar-refractivity contribution is 0.0941. The van der Waals surface area contributed by atoms with Gasteiger partial charge < -0.3 is 5.32 Å². The largest absolute Gasteiger partial charge is 0.345 e. The Hall–Kier alpha value is -3.53. The van der Waals surface area contributed by atoms with E-state index in [1.165, 1.54) is 0 Å². The number of carbonyl (C=O) groups excluding carboxylic acids is 1. The molecule has 2 aromatic carbocycles. The lowest BCUT2D eigenvalue weighted by Gasteiger charge is -2.16. The van der Waals surface area contributed by atoms with Crippen molar-refractivity contribution in [2.24, 2.45) is 0 Å². The summed E-state index contributed by atoms with van der Waals surface area (Å²) in [6.45, 7) is 1.97. The summed E-state index contributed by atoms with van der Waals surface area (Å²) in [5, 5.41) is 3.93. The highest BCUT2D eigenvalue weighted by Gasteiger charge is 2.16. The first-order valence-corrected chi connectivity index (χ1v) is 8.88. The summed E-state index contributed by atoms with van der Waals surface area (Å²) in [7, 11) is 0. The average Bonchev–Trinajstić information content (AvgIpc) is 2.74. The molecule has 132 valence electrons. The second-order valence-corrected chi connectivity index (χ2v) is 6.41. The number of fused-ring (bicyclic) bond motifs is 1. The van der Waals surface area contributed by atoms with Gasteiger partial charge in [0.15, 0.2) is 0 Å². The molecule has 1 N–H and O–H groups in total. The molecule has 0 aliphatic carbocycles. The Kier molecular flexibility index (Phi) is 4.62. The van der Waals surface area contributed by atoms with Crippen LogP contribution >= 0.6 is 0 Å². The molecule has 1 amide bonds. The van der Waals surface area contributed by atoms with E-state index in [-0.39, 0.29) is 11.9 Å². The zero-order valence-corrected chi connectivity index (χ0v) is 15.0. The normalized spacial score (nSPS) is 11.9. The first-order chi connectivity index (χ1) is 13.2. The highest BCUT2D eigenvalue weighted by atomic mass is 16.1. The number of amides is 1. The number of nitrogens with one attached hydrogen (secondary N) is 1. The third-order valence-corrected chi connectivity index (χ3v) is 4.58. The van der Waals surface area contributed by atoms with Gasteiger partial charge in [0.05, 0.1) is 22.8 Å². The SMILES string of the molecule is C[C@@H](NC(=O)c1cc(-c2ccccc2)nc2ccccc12)c1ccncc1. The molecule has 2 heterocycles. The first kappa shape index (κ1) is 16.9. The average molecular weight is 353 g/mol. The molecule has 4 nitrogen and oxygen atoms in total. The minimum absolute atomic E-state index is 0.116. The number of pyridine rings is 2. The van der Waals surface area contributed by atoms with E-state index in [2.05, 4.69) is 10.3 Å². The summed E-state index contributed by atoms with van der Waals surface area (Å²) in [6.07, 6.45) is 3.46. The fraction of sp³-hybridized carbons (Fsp3) is 0.0870. The van der Waals surface area contributed by atoms with Crippen LogP contribution < -0.4 is 5.32 Å². The Morgan fingerprint density at radius 1 is 0.926 bits per heavy atom. The van der Waals surface area contributed by atoms with Gasteiger partial charge in [-0.05, 0) is 36.8 Å². The fourth-order valence-corrected chi connectivity index (χ4v) is 3.13. The number of carbonyl (C=O) groups is 1. The molecule has 0 unspecified atom stereocenters. The van der Waals surface area contributed by atoms with E-state index in [1.807, 2.05) is 79.7 Å². The summed E-state index contributed by atoms with van der Waals surface area (Å²) in [4.78, 5) is 21.8. The molecular formula is C23H19N3O. The molecule has 0 fully saturated rings. The van der Waals surface area contributed by atoms with Crippen molar-refractivity contribution in [1.29, 1.82) is 0 Å². The summed E-state index contributed by atoms with van der Waals surface area (Å²) in [6, 6.07) is 23.2.